The van der Waals surface area contributed by atoms with Crippen LogP contribution in [0.15, 0.2) is 54.6 Å². The van der Waals surface area contributed by atoms with Gasteiger partial charge in [0.25, 0.3) is 10.2 Å². The van der Waals surface area contributed by atoms with Crippen molar-refractivity contribution in [3.8, 4) is 28.4 Å². The number of halogens is 3. The molecule has 0 saturated heterocycles. The van der Waals surface area contributed by atoms with Crippen molar-refractivity contribution in [1.29, 1.82) is 0 Å². The molecule has 0 aliphatic heterocycles. The number of nitrogens with one attached hydrogen (secondary N) is 1. The van der Waals surface area contributed by atoms with Crippen LogP contribution in [0.5, 0.6) is 11.5 Å². The van der Waals surface area contributed by atoms with Gasteiger partial charge in [0.1, 0.15) is 18.1 Å². The Bertz CT molecular complexity index is 1130. The first-order valence-electron chi connectivity index (χ1n) is 8.89. The molecule has 0 amide bonds. The van der Waals surface area contributed by atoms with Crippen molar-refractivity contribution < 1.29 is 31.1 Å². The third-order valence-corrected chi connectivity index (χ3v) is 4.75. The number of nitrogens with two attached hydrogens (primary N) is 1. The van der Waals surface area contributed by atoms with Crippen LogP contribution < -0.4 is 19.3 Å². The van der Waals surface area contributed by atoms with E-state index < -0.39 is 22.1 Å². The number of nitrogens with zero attached hydrogens (tertiary/aromatic N) is 2. The number of aromatic nitrogens is 2. The molecule has 3 rings (SSSR count). The van der Waals surface area contributed by atoms with Crippen molar-refractivity contribution in [1.82, 2.24) is 14.5 Å². The molecule has 0 spiro atoms. The number of hydrogen-bond donors (Lipinski definition) is 2. The SMILES string of the molecule is COc1ccc(-n2nc(C(F)(F)F)cc2-c2ccc(OCCNS(N)(=O)=O)cc2)cc1. The highest BCUT2D eigenvalue weighted by molar-refractivity contribution is 7.87. The van der Waals surface area contributed by atoms with Crippen LogP contribution in [0.2, 0.25) is 0 Å². The average Bonchev–Trinajstić information content (AvgIpc) is 3.17. The van der Waals surface area contributed by atoms with E-state index in [0.717, 1.165) is 6.07 Å². The van der Waals surface area contributed by atoms with E-state index in [-0.39, 0.29) is 18.8 Å². The highest BCUT2D eigenvalue weighted by Gasteiger charge is 2.35. The van der Waals surface area contributed by atoms with Gasteiger partial charge in [-0.1, -0.05) is 0 Å². The van der Waals surface area contributed by atoms with Crippen molar-refractivity contribution in [2.45, 2.75) is 6.18 Å². The van der Waals surface area contributed by atoms with Gasteiger partial charge < -0.3 is 9.47 Å². The largest absolute Gasteiger partial charge is 0.497 e. The zero-order chi connectivity index (χ0) is 22.6. The molecule has 0 radical (unpaired) electrons. The van der Waals surface area contributed by atoms with E-state index in [2.05, 4.69) is 9.82 Å². The summed E-state index contributed by atoms with van der Waals surface area (Å²) in [6.45, 7) is -0.00243. The highest BCUT2D eigenvalue weighted by atomic mass is 32.2. The fraction of sp³-hybridized carbons (Fsp3) is 0.211. The summed E-state index contributed by atoms with van der Waals surface area (Å²) in [6, 6.07) is 13.7. The van der Waals surface area contributed by atoms with Gasteiger partial charge in [0.15, 0.2) is 5.69 Å². The second-order valence-electron chi connectivity index (χ2n) is 6.33. The number of benzene rings is 2. The van der Waals surface area contributed by atoms with E-state index in [0.29, 0.717) is 22.7 Å². The molecule has 0 unspecified atom stereocenters. The maximum absolute atomic E-state index is 13.3. The number of ether oxygens (including phenoxy) is 2. The Hall–Kier alpha value is -3.09. The van der Waals surface area contributed by atoms with E-state index in [9.17, 15) is 21.6 Å². The summed E-state index contributed by atoms with van der Waals surface area (Å²) in [4.78, 5) is 0. The maximum Gasteiger partial charge on any atom is 0.435 e. The molecule has 166 valence electrons. The quantitative estimate of drug-likeness (QED) is 0.507. The van der Waals surface area contributed by atoms with Gasteiger partial charge in [-0.25, -0.2) is 9.82 Å². The Balaban J connectivity index is 1.86. The lowest BCUT2D eigenvalue weighted by Crippen LogP contribution is -2.33. The molecule has 8 nitrogen and oxygen atoms in total. The lowest BCUT2D eigenvalue weighted by molar-refractivity contribution is -0.141. The van der Waals surface area contributed by atoms with Crippen LogP contribution in [0.25, 0.3) is 16.9 Å². The van der Waals surface area contributed by atoms with Crippen LogP contribution in [0, 0.1) is 0 Å². The average molecular weight is 456 g/mol. The first-order valence-corrected chi connectivity index (χ1v) is 10.4. The van der Waals surface area contributed by atoms with E-state index in [1.54, 1.807) is 48.5 Å². The second-order valence-corrected chi connectivity index (χ2v) is 7.71. The van der Waals surface area contributed by atoms with Crippen molar-refractivity contribution in [3.05, 3.63) is 60.3 Å². The molecule has 0 aliphatic carbocycles. The van der Waals surface area contributed by atoms with Crippen LogP contribution in [0.4, 0.5) is 13.2 Å². The summed E-state index contributed by atoms with van der Waals surface area (Å²) in [5.41, 5.74) is 0.127. The fourth-order valence-electron chi connectivity index (χ4n) is 2.72. The minimum absolute atomic E-state index is 0.0256. The summed E-state index contributed by atoms with van der Waals surface area (Å²) < 4.78 is 75.2. The van der Waals surface area contributed by atoms with E-state index in [4.69, 9.17) is 14.6 Å². The molecule has 3 N–H and O–H groups in total. The van der Waals surface area contributed by atoms with Crippen LogP contribution >= 0.6 is 0 Å². The molecule has 0 aliphatic rings. The van der Waals surface area contributed by atoms with Crippen LogP contribution in [-0.2, 0) is 16.4 Å². The van der Waals surface area contributed by atoms with Gasteiger partial charge in [0, 0.05) is 12.1 Å². The van der Waals surface area contributed by atoms with Gasteiger partial charge in [-0.05, 0) is 54.6 Å². The monoisotopic (exact) mass is 456 g/mol. The molecule has 3 aromatic rings. The predicted molar refractivity (Wildman–Crippen MR) is 107 cm³/mol. The first kappa shape index (κ1) is 22.6. The summed E-state index contributed by atoms with van der Waals surface area (Å²) >= 11 is 0. The first-order chi connectivity index (χ1) is 14.6. The topological polar surface area (TPSA) is 108 Å². The fourth-order valence-corrected chi connectivity index (χ4v) is 3.09. The summed E-state index contributed by atoms with van der Waals surface area (Å²) in [5.74, 6) is 0.971. The van der Waals surface area contributed by atoms with Gasteiger partial charge in [-0.15, -0.1) is 0 Å². The summed E-state index contributed by atoms with van der Waals surface area (Å²) in [6.07, 6.45) is -4.61. The number of methoxy groups -OCH3 is 1. The third kappa shape index (κ3) is 5.96. The lowest BCUT2D eigenvalue weighted by atomic mass is 10.1. The minimum atomic E-state index is -4.61. The van der Waals surface area contributed by atoms with Gasteiger partial charge in [0.05, 0.1) is 18.5 Å². The molecule has 1 heterocycles. The Kier molecular flexibility index (Phi) is 6.53. The van der Waals surface area contributed by atoms with Crippen molar-refractivity contribution in [2.75, 3.05) is 20.3 Å². The molecular weight excluding hydrogens is 437 g/mol. The van der Waals surface area contributed by atoms with Gasteiger partial charge >= 0.3 is 6.18 Å². The Labute approximate surface area is 176 Å². The number of alkyl halides is 3. The Morgan fingerprint density at radius 3 is 2.23 bits per heavy atom. The smallest absolute Gasteiger partial charge is 0.435 e. The third-order valence-electron chi connectivity index (χ3n) is 4.14. The second kappa shape index (κ2) is 8.96. The minimum Gasteiger partial charge on any atom is -0.497 e. The Morgan fingerprint density at radius 2 is 1.68 bits per heavy atom. The van der Waals surface area contributed by atoms with Crippen LogP contribution in [0.3, 0.4) is 0 Å². The van der Waals surface area contributed by atoms with E-state index >= 15 is 0 Å². The normalized spacial score (nSPS) is 12.0. The predicted octanol–water partition coefficient (Wildman–Crippen LogP) is 2.74. The zero-order valence-corrected chi connectivity index (χ0v) is 17.1. The number of hydrogen-bond acceptors (Lipinski definition) is 5. The highest BCUT2D eigenvalue weighted by Crippen LogP contribution is 2.34. The van der Waals surface area contributed by atoms with Crippen molar-refractivity contribution >= 4 is 10.2 Å². The summed E-state index contributed by atoms with van der Waals surface area (Å²) in [7, 11) is -2.32. The molecule has 0 saturated carbocycles. The van der Waals surface area contributed by atoms with Crippen molar-refractivity contribution in [3.63, 3.8) is 0 Å². The molecule has 0 bridgehead atoms. The summed E-state index contributed by atoms with van der Waals surface area (Å²) in [5, 5.41) is 8.55. The molecule has 0 fully saturated rings. The number of rotatable bonds is 8. The van der Waals surface area contributed by atoms with Crippen LogP contribution in [0.1, 0.15) is 5.69 Å². The van der Waals surface area contributed by atoms with Crippen LogP contribution in [-0.4, -0.2) is 38.5 Å². The standard InChI is InChI=1S/C19H19F3N4O4S/c1-29-15-8-4-14(5-9-15)26-17(12-18(25-26)19(20,21)22)13-2-6-16(7-3-13)30-11-10-24-31(23,27)28/h2-9,12,24H,10-11H2,1H3,(H2,23,27,28). The molecular formula is C19H19F3N4O4S. The molecule has 31 heavy (non-hydrogen) atoms. The maximum atomic E-state index is 13.3. The van der Waals surface area contributed by atoms with Gasteiger partial charge in [-0.2, -0.15) is 31.4 Å². The van der Waals surface area contributed by atoms with Crippen molar-refractivity contribution in [2.24, 2.45) is 5.14 Å². The molecule has 2 aromatic carbocycles. The van der Waals surface area contributed by atoms with E-state index in [1.807, 2.05) is 0 Å². The molecule has 0 atom stereocenters. The van der Waals surface area contributed by atoms with E-state index in [1.165, 1.54) is 11.8 Å². The van der Waals surface area contributed by atoms with Gasteiger partial charge in [-0.3, -0.25) is 0 Å². The molecule has 1 aromatic heterocycles. The van der Waals surface area contributed by atoms with Gasteiger partial charge in [0.2, 0.25) is 0 Å². The Morgan fingerprint density at radius 1 is 1.06 bits per heavy atom. The zero-order valence-electron chi connectivity index (χ0n) is 16.3. The molecule has 12 heteroatoms. The lowest BCUT2D eigenvalue weighted by Gasteiger charge is -2.10.